The molecule has 1 fully saturated rings. The maximum Gasteiger partial charge on any atom is 0.268 e. The number of anilines is 1. The lowest BCUT2D eigenvalue weighted by Gasteiger charge is -2.16. The molecule has 1 amide bonds. The summed E-state index contributed by atoms with van der Waals surface area (Å²) in [4.78, 5) is 23.4. The first kappa shape index (κ1) is 20.8. The summed E-state index contributed by atoms with van der Waals surface area (Å²) in [7, 11) is 0. The predicted octanol–water partition coefficient (Wildman–Crippen LogP) is 3.52. The van der Waals surface area contributed by atoms with Crippen LogP contribution in [0.15, 0.2) is 53.5 Å². The Labute approximate surface area is 193 Å². The van der Waals surface area contributed by atoms with Gasteiger partial charge in [-0.3, -0.25) is 20.0 Å². The molecule has 0 atom stereocenters. The van der Waals surface area contributed by atoms with Gasteiger partial charge in [-0.2, -0.15) is 11.3 Å². The van der Waals surface area contributed by atoms with Crippen LogP contribution in [0.25, 0.3) is 16.9 Å². The van der Waals surface area contributed by atoms with Crippen molar-refractivity contribution in [3.63, 3.8) is 0 Å². The molecule has 1 aliphatic heterocycles. The number of fused-ring (bicyclic) bond motifs is 1. The third kappa shape index (κ3) is 3.85. The van der Waals surface area contributed by atoms with Crippen LogP contribution >= 0.6 is 11.3 Å². The van der Waals surface area contributed by atoms with E-state index in [1.54, 1.807) is 35.0 Å². The van der Waals surface area contributed by atoms with Gasteiger partial charge in [-0.05, 0) is 48.6 Å². The largest absolute Gasteiger partial charge is 0.420 e. The lowest BCUT2D eigenvalue weighted by atomic mass is 10.2. The number of carbonyl (C=O) groups excluding carboxylic acids is 1. The Morgan fingerprint density at radius 3 is 2.61 bits per heavy atom. The number of carbonyl (C=O) groups is 1. The molecule has 4 N–H and O–H groups in total. The van der Waals surface area contributed by atoms with Crippen LogP contribution in [0.4, 0.5) is 5.82 Å². The van der Waals surface area contributed by atoms with Gasteiger partial charge in [0.1, 0.15) is 17.2 Å². The molecule has 9 nitrogen and oxygen atoms in total. The highest BCUT2D eigenvalue weighted by atomic mass is 32.1. The second kappa shape index (κ2) is 8.47. The number of pyridine rings is 2. The lowest BCUT2D eigenvalue weighted by Crippen LogP contribution is -2.19. The molecule has 0 unspecified atom stereocenters. The van der Waals surface area contributed by atoms with Gasteiger partial charge in [-0.25, -0.2) is 9.97 Å². The fourth-order valence-electron chi connectivity index (χ4n) is 3.95. The SMILES string of the molecule is N=C(OC(=N)c1cccn2c(C(N)=O)c(-c3ccsc3)nc12)c1ccc(N2CCCC2)nc1. The molecule has 0 spiro atoms. The van der Waals surface area contributed by atoms with Crippen LogP contribution in [-0.4, -0.2) is 45.2 Å². The number of nitrogens with one attached hydrogen (secondary N) is 2. The molecule has 4 aromatic rings. The van der Waals surface area contributed by atoms with Crippen LogP contribution in [0.1, 0.15) is 34.5 Å². The minimum atomic E-state index is -0.620. The number of primary amides is 1. The van der Waals surface area contributed by atoms with Crippen LogP contribution < -0.4 is 10.6 Å². The number of nitrogens with two attached hydrogens (primary N) is 1. The number of ether oxygens (including phenoxy) is 1. The van der Waals surface area contributed by atoms with E-state index in [0.717, 1.165) is 37.3 Å². The summed E-state index contributed by atoms with van der Waals surface area (Å²) in [6.07, 6.45) is 5.56. The predicted molar refractivity (Wildman–Crippen MR) is 127 cm³/mol. The Hall–Kier alpha value is -4.05. The van der Waals surface area contributed by atoms with Crippen molar-refractivity contribution < 1.29 is 9.53 Å². The number of imidazole rings is 1. The second-order valence-electron chi connectivity index (χ2n) is 7.66. The molecule has 4 aromatic heterocycles. The van der Waals surface area contributed by atoms with Crippen molar-refractivity contribution in [2.24, 2.45) is 5.73 Å². The Bertz CT molecular complexity index is 1350. The molecule has 0 radical (unpaired) electrons. The van der Waals surface area contributed by atoms with E-state index < -0.39 is 5.91 Å². The smallest absolute Gasteiger partial charge is 0.268 e. The van der Waals surface area contributed by atoms with E-state index in [2.05, 4.69) is 14.9 Å². The van der Waals surface area contributed by atoms with Crippen molar-refractivity contribution in [1.29, 1.82) is 10.8 Å². The van der Waals surface area contributed by atoms with Gasteiger partial charge in [0.15, 0.2) is 5.65 Å². The Kier molecular flexibility index (Phi) is 5.35. The molecule has 1 aliphatic rings. The number of nitrogens with zero attached hydrogens (tertiary/aromatic N) is 4. The van der Waals surface area contributed by atoms with E-state index in [9.17, 15) is 4.79 Å². The first-order valence-corrected chi connectivity index (χ1v) is 11.4. The summed E-state index contributed by atoms with van der Waals surface area (Å²) in [6.45, 7) is 1.97. The third-order valence-electron chi connectivity index (χ3n) is 5.57. The fourth-order valence-corrected chi connectivity index (χ4v) is 4.59. The van der Waals surface area contributed by atoms with E-state index >= 15 is 0 Å². The zero-order valence-corrected chi connectivity index (χ0v) is 18.4. The zero-order chi connectivity index (χ0) is 22.9. The highest BCUT2D eigenvalue weighted by molar-refractivity contribution is 7.08. The maximum atomic E-state index is 12.2. The average molecular weight is 460 g/mol. The van der Waals surface area contributed by atoms with Crippen molar-refractivity contribution >= 4 is 40.5 Å². The van der Waals surface area contributed by atoms with Crippen LogP contribution in [0.2, 0.25) is 0 Å². The van der Waals surface area contributed by atoms with Gasteiger partial charge in [0, 0.05) is 36.4 Å². The van der Waals surface area contributed by atoms with Crippen molar-refractivity contribution in [3.05, 3.63) is 70.3 Å². The zero-order valence-electron chi connectivity index (χ0n) is 17.6. The number of hydrogen-bond acceptors (Lipinski definition) is 8. The molecule has 0 saturated carbocycles. The highest BCUT2D eigenvalue weighted by Crippen LogP contribution is 2.28. The number of aromatic nitrogens is 3. The number of amides is 1. The summed E-state index contributed by atoms with van der Waals surface area (Å²) in [5.41, 5.74) is 8.26. The van der Waals surface area contributed by atoms with Gasteiger partial charge in [-0.1, -0.05) is 0 Å². The van der Waals surface area contributed by atoms with Crippen LogP contribution in [0.3, 0.4) is 0 Å². The van der Waals surface area contributed by atoms with Gasteiger partial charge in [0.05, 0.1) is 11.1 Å². The number of rotatable bonds is 5. The summed E-state index contributed by atoms with van der Waals surface area (Å²) in [5, 5.41) is 20.6. The molecule has 5 heterocycles. The third-order valence-corrected chi connectivity index (χ3v) is 6.25. The Balaban J connectivity index is 1.43. The average Bonchev–Trinajstić information content (AvgIpc) is 3.59. The number of hydrogen-bond donors (Lipinski definition) is 3. The standard InChI is InChI=1S/C23H21N7O2S/c24-20(31)19-18(15-7-11-33-13-15)28-23-16(4-3-10-30(19)23)22(26)32-21(25)14-5-6-17(27-12-14)29-8-1-2-9-29/h3-7,10-13,25-26H,1-2,8-9H2,(H2,24,31). The topological polar surface area (TPSA) is 133 Å². The highest BCUT2D eigenvalue weighted by Gasteiger charge is 2.23. The molecular formula is C23H21N7O2S. The molecule has 0 aromatic carbocycles. The van der Waals surface area contributed by atoms with Crippen LogP contribution in [0, 0.1) is 10.8 Å². The van der Waals surface area contributed by atoms with E-state index in [1.807, 2.05) is 22.9 Å². The maximum absolute atomic E-state index is 12.2. The molecular weight excluding hydrogens is 438 g/mol. The molecule has 1 saturated heterocycles. The van der Waals surface area contributed by atoms with E-state index in [0.29, 0.717) is 22.5 Å². The van der Waals surface area contributed by atoms with Crippen LogP contribution in [0.5, 0.6) is 0 Å². The van der Waals surface area contributed by atoms with Gasteiger partial charge >= 0.3 is 0 Å². The molecule has 33 heavy (non-hydrogen) atoms. The Morgan fingerprint density at radius 2 is 1.94 bits per heavy atom. The summed E-state index contributed by atoms with van der Waals surface area (Å²) in [6, 6.07) is 8.83. The van der Waals surface area contributed by atoms with Gasteiger partial charge in [0.25, 0.3) is 5.91 Å². The van der Waals surface area contributed by atoms with Crippen molar-refractivity contribution in [1.82, 2.24) is 14.4 Å². The molecule has 0 bridgehead atoms. The molecule has 166 valence electrons. The molecule has 10 heteroatoms. The summed E-state index contributed by atoms with van der Waals surface area (Å²) >= 11 is 1.48. The van der Waals surface area contributed by atoms with Gasteiger partial charge < -0.3 is 15.4 Å². The van der Waals surface area contributed by atoms with Crippen LogP contribution in [-0.2, 0) is 4.74 Å². The van der Waals surface area contributed by atoms with Gasteiger partial charge in [-0.15, -0.1) is 0 Å². The first-order valence-electron chi connectivity index (χ1n) is 10.4. The number of thiophene rings is 1. The monoisotopic (exact) mass is 459 g/mol. The second-order valence-corrected chi connectivity index (χ2v) is 8.44. The van der Waals surface area contributed by atoms with Gasteiger partial charge in [0.2, 0.25) is 11.8 Å². The molecule has 0 aliphatic carbocycles. The lowest BCUT2D eigenvalue weighted by molar-refractivity contribution is 0.0995. The minimum absolute atomic E-state index is 0.192. The van der Waals surface area contributed by atoms with E-state index in [-0.39, 0.29) is 17.5 Å². The van der Waals surface area contributed by atoms with Crippen molar-refractivity contribution in [2.45, 2.75) is 12.8 Å². The fraction of sp³-hybridized carbons (Fsp3) is 0.174. The van der Waals surface area contributed by atoms with E-state index in [4.69, 9.17) is 21.3 Å². The Morgan fingerprint density at radius 1 is 1.12 bits per heavy atom. The molecule has 5 rings (SSSR count). The summed E-state index contributed by atoms with van der Waals surface area (Å²) < 4.78 is 7.10. The van der Waals surface area contributed by atoms with Crippen molar-refractivity contribution in [2.75, 3.05) is 18.0 Å². The quantitative estimate of drug-likeness (QED) is 0.310. The van der Waals surface area contributed by atoms with E-state index in [1.165, 1.54) is 11.3 Å². The minimum Gasteiger partial charge on any atom is -0.420 e. The van der Waals surface area contributed by atoms with Crippen molar-refractivity contribution in [3.8, 4) is 11.3 Å². The summed E-state index contributed by atoms with van der Waals surface area (Å²) in [5.74, 6) is -0.194. The normalized spacial score (nSPS) is 13.4. The first-order chi connectivity index (χ1) is 16.0.